The molecule has 0 unspecified atom stereocenters. The minimum atomic E-state index is 0. The highest BCUT2D eigenvalue weighted by atomic mass is 79.9. The number of pyridine rings is 2. The molecule has 0 saturated carbocycles. The Bertz CT molecular complexity index is 827. The molecule has 2 aromatic rings. The van der Waals surface area contributed by atoms with Gasteiger partial charge in [-0.3, -0.25) is 0 Å². The second kappa shape index (κ2) is 17.9. The topological polar surface area (TPSA) is 7.76 Å². The summed E-state index contributed by atoms with van der Waals surface area (Å²) in [4.78, 5) is 0. The quantitative estimate of drug-likeness (QED) is 0.300. The van der Waals surface area contributed by atoms with Crippen molar-refractivity contribution in [3.63, 3.8) is 0 Å². The molecule has 1 aliphatic heterocycles. The minimum absolute atomic E-state index is 0. The molecule has 2 nitrogen and oxygen atoms in total. The average Bonchev–Trinajstić information content (AvgIpc) is 2.77. The summed E-state index contributed by atoms with van der Waals surface area (Å²) in [6, 6.07) is 8.50. The van der Waals surface area contributed by atoms with Crippen molar-refractivity contribution in [2.45, 2.75) is 90.1 Å². The largest absolute Gasteiger partial charge is 1.00 e. The van der Waals surface area contributed by atoms with Crippen molar-refractivity contribution in [2.75, 3.05) is 0 Å². The van der Waals surface area contributed by atoms with E-state index >= 15 is 0 Å². The van der Waals surface area contributed by atoms with Gasteiger partial charge in [-0.1, -0.05) is 49.4 Å². The van der Waals surface area contributed by atoms with E-state index in [9.17, 15) is 0 Å². The molecule has 3 heterocycles. The van der Waals surface area contributed by atoms with Crippen LogP contribution in [0.4, 0.5) is 0 Å². The maximum Gasteiger partial charge on any atom is 0.184 e. The zero-order chi connectivity index (χ0) is 20.7. The van der Waals surface area contributed by atoms with E-state index in [2.05, 4.69) is 81.9 Å². The Labute approximate surface area is 216 Å². The second-order valence-electron chi connectivity index (χ2n) is 8.30. The summed E-state index contributed by atoms with van der Waals surface area (Å²) >= 11 is 0. The van der Waals surface area contributed by atoms with Gasteiger partial charge in [0.1, 0.15) is 13.1 Å². The minimum Gasteiger partial charge on any atom is -1.00 e. The molecule has 4 bridgehead atoms. The lowest BCUT2D eigenvalue weighted by Gasteiger charge is -2.00. The first-order valence-corrected chi connectivity index (χ1v) is 11.9. The van der Waals surface area contributed by atoms with Crippen LogP contribution in [0.3, 0.4) is 0 Å². The van der Waals surface area contributed by atoms with Gasteiger partial charge in [0.05, 0.1) is 11.1 Å². The van der Waals surface area contributed by atoms with Crippen LogP contribution in [0.5, 0.6) is 0 Å². The van der Waals surface area contributed by atoms with Crippen LogP contribution in [0.15, 0.2) is 49.1 Å². The van der Waals surface area contributed by atoms with E-state index in [0.29, 0.717) is 0 Å². The summed E-state index contributed by atoms with van der Waals surface area (Å²) in [6.07, 6.45) is 23.4. The van der Waals surface area contributed by atoms with Gasteiger partial charge in [0.2, 0.25) is 0 Å². The van der Waals surface area contributed by atoms with Crippen LogP contribution in [-0.4, -0.2) is 0 Å². The molecule has 1 aliphatic rings. The van der Waals surface area contributed by atoms with Crippen LogP contribution in [-0.2, 0) is 13.1 Å². The van der Waals surface area contributed by atoms with Gasteiger partial charge < -0.3 is 34.0 Å². The smallest absolute Gasteiger partial charge is 0.184 e. The number of hydrogen-bond donors (Lipinski definition) is 0. The third-order valence-electron chi connectivity index (χ3n) is 5.62. The maximum absolute atomic E-state index is 3.36. The molecule has 2 aromatic heterocycles. The Morgan fingerprint density at radius 1 is 0.531 bits per heavy atom. The lowest BCUT2D eigenvalue weighted by Crippen LogP contribution is -3.00. The molecule has 172 valence electrons. The first kappa shape index (κ1) is 28.4. The number of nitrogens with zero attached hydrogens (tertiary/aromatic N) is 2. The van der Waals surface area contributed by atoms with Crippen molar-refractivity contribution >= 4 is 0 Å². The number of hydrogen-bond acceptors (Lipinski definition) is 0. The Morgan fingerprint density at radius 3 is 1.41 bits per heavy atom. The van der Waals surface area contributed by atoms with Crippen molar-refractivity contribution in [1.29, 1.82) is 0 Å². The first-order chi connectivity index (χ1) is 14.9. The monoisotopic (exact) mass is 558 g/mol. The van der Waals surface area contributed by atoms with E-state index < -0.39 is 0 Å². The lowest BCUT2D eigenvalue weighted by molar-refractivity contribution is -0.699. The predicted molar refractivity (Wildman–Crippen MR) is 122 cm³/mol. The van der Waals surface area contributed by atoms with Gasteiger partial charge >= 0.3 is 0 Å². The van der Waals surface area contributed by atoms with Crippen molar-refractivity contribution < 1.29 is 43.1 Å². The summed E-state index contributed by atoms with van der Waals surface area (Å²) in [7, 11) is 0. The lowest BCUT2D eigenvalue weighted by atomic mass is 10.1. The van der Waals surface area contributed by atoms with Gasteiger partial charge in [0.15, 0.2) is 24.8 Å². The molecule has 0 atom stereocenters. The molecule has 0 aliphatic carbocycles. The third kappa shape index (κ3) is 11.8. The first-order valence-electron chi connectivity index (χ1n) is 11.9. The van der Waals surface area contributed by atoms with Gasteiger partial charge in [-0.15, -0.1) is 0 Å². The third-order valence-corrected chi connectivity index (χ3v) is 5.62. The molecule has 3 rings (SSSR count). The number of aryl methyl sites for hydroxylation is 2. The molecule has 0 aromatic carbocycles. The van der Waals surface area contributed by atoms with Crippen LogP contribution in [0.2, 0.25) is 0 Å². The fraction of sp³-hybridized carbons (Fsp3) is 0.500. The summed E-state index contributed by atoms with van der Waals surface area (Å²) in [5.41, 5.74) is 2.29. The number of rotatable bonds is 0. The van der Waals surface area contributed by atoms with Gasteiger partial charge in [-0.2, -0.15) is 0 Å². The average molecular weight is 560 g/mol. The zero-order valence-corrected chi connectivity index (χ0v) is 22.3. The highest BCUT2D eigenvalue weighted by Crippen LogP contribution is 2.08. The van der Waals surface area contributed by atoms with E-state index in [4.69, 9.17) is 0 Å². The second-order valence-corrected chi connectivity index (χ2v) is 8.30. The maximum atomic E-state index is 3.36. The van der Waals surface area contributed by atoms with Crippen LogP contribution in [0, 0.1) is 23.7 Å². The highest BCUT2D eigenvalue weighted by molar-refractivity contribution is 5.30. The molecular weight excluding hydrogens is 524 g/mol. The fourth-order valence-corrected chi connectivity index (χ4v) is 3.88. The summed E-state index contributed by atoms with van der Waals surface area (Å²) in [6.45, 7) is 2.15. The SMILES string of the molecule is C1#Cc2ccc[n+](c2)CCCCCC[n+]2cccc(c2)C#CCCCCCCCC1.[Br-].[Br-]. The summed E-state index contributed by atoms with van der Waals surface area (Å²) in [5.74, 6) is 13.4. The number of halogens is 2. The van der Waals surface area contributed by atoms with Crippen molar-refractivity contribution in [3.05, 3.63) is 60.2 Å². The van der Waals surface area contributed by atoms with Gasteiger partial charge in [0, 0.05) is 37.8 Å². The Hall–Kier alpha value is -1.62. The van der Waals surface area contributed by atoms with E-state index in [-0.39, 0.29) is 34.0 Å². The van der Waals surface area contributed by atoms with E-state index in [0.717, 1.165) is 37.1 Å². The number of fused-ring (bicyclic) bond motifs is 4. The normalized spacial score (nSPS) is 15.8. The number of aromatic nitrogens is 2. The van der Waals surface area contributed by atoms with Crippen molar-refractivity contribution in [3.8, 4) is 23.7 Å². The van der Waals surface area contributed by atoms with E-state index in [1.54, 1.807) is 0 Å². The van der Waals surface area contributed by atoms with Crippen LogP contribution >= 0.6 is 0 Å². The standard InChI is InChI=1S/C28H36N2.2BrH/c1-2-4-6-8-12-18-28-20-16-24-30(26-28)22-14-10-9-13-21-29-23-15-19-27(25-29)17-11-7-5-3-1;;/h15-16,19-20,23-26H,1-10,13-14,21-22H2;2*1H/q+2;;/p-2. The molecule has 4 heteroatoms. The zero-order valence-electron chi connectivity index (χ0n) is 19.2. The Morgan fingerprint density at radius 2 is 0.938 bits per heavy atom. The molecule has 0 saturated heterocycles. The molecule has 0 spiro atoms. The van der Waals surface area contributed by atoms with Crippen molar-refractivity contribution in [1.82, 2.24) is 0 Å². The van der Waals surface area contributed by atoms with E-state index in [1.165, 1.54) is 64.2 Å². The Balaban J connectivity index is 0.00000256. The highest BCUT2D eigenvalue weighted by Gasteiger charge is 2.04. The Kier molecular flexibility index (Phi) is 15.9. The van der Waals surface area contributed by atoms with Gasteiger partial charge in [-0.05, 0) is 37.8 Å². The van der Waals surface area contributed by atoms with Gasteiger partial charge in [-0.25, -0.2) is 9.13 Å². The molecule has 0 amide bonds. The van der Waals surface area contributed by atoms with Crippen LogP contribution in [0.1, 0.15) is 88.2 Å². The fourth-order valence-electron chi connectivity index (χ4n) is 3.88. The summed E-state index contributed by atoms with van der Waals surface area (Å²) in [5, 5.41) is 0. The molecule has 32 heavy (non-hydrogen) atoms. The summed E-state index contributed by atoms with van der Waals surface area (Å²) < 4.78 is 4.58. The van der Waals surface area contributed by atoms with Crippen molar-refractivity contribution in [2.24, 2.45) is 0 Å². The molecule has 0 N–H and O–H groups in total. The molecule has 0 fully saturated rings. The predicted octanol–water partition coefficient (Wildman–Crippen LogP) is -0.632. The van der Waals surface area contributed by atoms with Crippen LogP contribution < -0.4 is 43.1 Å². The van der Waals surface area contributed by atoms with Crippen LogP contribution in [0.25, 0.3) is 0 Å². The molecular formula is C28H36Br2N2. The van der Waals surface area contributed by atoms with E-state index in [1.807, 2.05) is 0 Å². The molecule has 0 radical (unpaired) electrons. The van der Waals surface area contributed by atoms with Gasteiger partial charge in [0.25, 0.3) is 0 Å².